The van der Waals surface area contributed by atoms with Gasteiger partial charge >= 0.3 is 0 Å². The molecule has 3 heterocycles. The van der Waals surface area contributed by atoms with Gasteiger partial charge in [0.1, 0.15) is 0 Å². The van der Waals surface area contributed by atoms with Crippen molar-refractivity contribution in [1.29, 1.82) is 0 Å². The zero-order chi connectivity index (χ0) is 25.2. The van der Waals surface area contributed by atoms with Crippen molar-refractivity contribution in [1.82, 2.24) is 24.5 Å². The van der Waals surface area contributed by atoms with E-state index in [0.717, 1.165) is 35.0 Å². The van der Waals surface area contributed by atoms with Crippen molar-refractivity contribution in [2.45, 2.75) is 25.8 Å². The predicted molar refractivity (Wildman–Crippen MR) is 147 cm³/mol. The second-order valence-corrected chi connectivity index (χ2v) is 9.88. The minimum absolute atomic E-state index is 0.439. The number of fused-ring (bicyclic) bond motifs is 1. The third kappa shape index (κ3) is 4.66. The summed E-state index contributed by atoms with van der Waals surface area (Å²) >= 11 is 0. The van der Waals surface area contributed by atoms with E-state index in [-0.39, 0.29) is 0 Å². The van der Waals surface area contributed by atoms with Crippen molar-refractivity contribution in [3.63, 3.8) is 0 Å². The number of nitrogens with zero attached hydrogens (tertiary/aromatic N) is 6. The lowest BCUT2D eigenvalue weighted by Crippen LogP contribution is -2.52. The van der Waals surface area contributed by atoms with Crippen molar-refractivity contribution in [2.75, 3.05) is 46.3 Å². The number of benzene rings is 2. The van der Waals surface area contributed by atoms with Gasteiger partial charge in [0.25, 0.3) is 0 Å². The fraction of sp³-hybridized carbons (Fsp3) is 0.393. The minimum atomic E-state index is -0.439. The van der Waals surface area contributed by atoms with Gasteiger partial charge in [-0.1, -0.05) is 30.3 Å². The topological polar surface area (TPSA) is 83.0 Å². The van der Waals surface area contributed by atoms with Gasteiger partial charge in [0.15, 0.2) is 5.82 Å². The number of amides is 1. The van der Waals surface area contributed by atoms with Crippen LogP contribution in [0.1, 0.15) is 30.1 Å². The van der Waals surface area contributed by atoms with E-state index in [9.17, 15) is 4.79 Å². The van der Waals surface area contributed by atoms with Gasteiger partial charge in [0.2, 0.25) is 5.91 Å². The van der Waals surface area contributed by atoms with Gasteiger partial charge in [-0.3, -0.25) is 9.69 Å². The Kier molecular flexibility index (Phi) is 6.89. The molecule has 36 heavy (non-hydrogen) atoms. The zero-order valence-corrected chi connectivity index (χ0v) is 21.2. The molecule has 2 saturated heterocycles. The Morgan fingerprint density at radius 3 is 2.42 bits per heavy atom. The third-order valence-corrected chi connectivity index (χ3v) is 7.72. The first kappa shape index (κ1) is 24.2. The SMILES string of the molecule is C=Nc1c(-c2cccc3c(C(N)=O)cccc23)cnn1/C=C(\C)N1CCC(N2CCN(C)CC2)CC1. The van der Waals surface area contributed by atoms with Gasteiger partial charge in [0, 0.05) is 68.3 Å². The van der Waals surface area contributed by atoms with Crippen LogP contribution in [0.4, 0.5) is 5.82 Å². The highest BCUT2D eigenvalue weighted by Gasteiger charge is 2.27. The Morgan fingerprint density at radius 2 is 1.72 bits per heavy atom. The summed E-state index contributed by atoms with van der Waals surface area (Å²) in [7, 11) is 2.21. The fourth-order valence-corrected chi connectivity index (χ4v) is 5.59. The van der Waals surface area contributed by atoms with Crippen molar-refractivity contribution in [3.8, 4) is 11.1 Å². The van der Waals surface area contributed by atoms with Crippen molar-refractivity contribution < 1.29 is 4.79 Å². The van der Waals surface area contributed by atoms with Crippen LogP contribution < -0.4 is 5.73 Å². The number of nitrogens with two attached hydrogens (primary N) is 1. The summed E-state index contributed by atoms with van der Waals surface area (Å²) in [5, 5.41) is 6.39. The number of piperazine rings is 1. The molecule has 0 saturated carbocycles. The lowest BCUT2D eigenvalue weighted by molar-refractivity contribution is 0.0759. The largest absolute Gasteiger partial charge is 0.374 e. The molecule has 0 unspecified atom stereocenters. The third-order valence-electron chi connectivity index (χ3n) is 7.72. The summed E-state index contributed by atoms with van der Waals surface area (Å²) in [4.78, 5) is 23.8. The summed E-state index contributed by atoms with van der Waals surface area (Å²) in [6, 6.07) is 12.1. The summed E-state index contributed by atoms with van der Waals surface area (Å²) < 4.78 is 1.81. The van der Waals surface area contributed by atoms with E-state index in [2.05, 4.69) is 45.5 Å². The monoisotopic (exact) mass is 485 g/mol. The normalized spacial score (nSPS) is 18.6. The van der Waals surface area contributed by atoms with Crippen LogP contribution in [0.25, 0.3) is 28.1 Å². The summed E-state index contributed by atoms with van der Waals surface area (Å²) in [6.45, 7) is 12.7. The first-order valence-corrected chi connectivity index (χ1v) is 12.7. The molecule has 2 fully saturated rings. The highest BCUT2D eigenvalue weighted by molar-refractivity contribution is 6.10. The number of carbonyl (C=O) groups is 1. The Balaban J connectivity index is 1.37. The lowest BCUT2D eigenvalue weighted by atomic mass is 9.96. The van der Waals surface area contributed by atoms with E-state index in [0.29, 0.717) is 17.4 Å². The molecule has 2 aliphatic heterocycles. The molecule has 0 spiro atoms. The molecule has 1 aromatic heterocycles. The number of carbonyl (C=O) groups excluding carboxylic acids is 1. The molecule has 1 amide bonds. The number of rotatable bonds is 6. The Morgan fingerprint density at radius 1 is 1.03 bits per heavy atom. The van der Waals surface area contributed by atoms with E-state index >= 15 is 0 Å². The average Bonchev–Trinajstić information content (AvgIpc) is 3.30. The highest BCUT2D eigenvalue weighted by atomic mass is 16.1. The van der Waals surface area contributed by atoms with Gasteiger partial charge in [-0.25, -0.2) is 9.67 Å². The number of hydrogen-bond donors (Lipinski definition) is 1. The highest BCUT2D eigenvalue weighted by Crippen LogP contribution is 2.36. The van der Waals surface area contributed by atoms with Crippen LogP contribution >= 0.6 is 0 Å². The number of primary amides is 1. The number of allylic oxidation sites excluding steroid dienone is 1. The van der Waals surface area contributed by atoms with Gasteiger partial charge in [-0.2, -0.15) is 5.10 Å². The molecular formula is C28H35N7O. The van der Waals surface area contributed by atoms with Crippen molar-refractivity contribution >= 4 is 35.4 Å². The number of aromatic nitrogens is 2. The average molecular weight is 486 g/mol. The lowest BCUT2D eigenvalue weighted by Gasteiger charge is -2.42. The summed E-state index contributed by atoms with van der Waals surface area (Å²) in [5.41, 5.74) is 9.10. The second-order valence-electron chi connectivity index (χ2n) is 9.88. The molecule has 0 atom stereocenters. The van der Waals surface area contributed by atoms with E-state index in [4.69, 9.17) is 5.73 Å². The molecule has 2 aromatic carbocycles. The van der Waals surface area contributed by atoms with Gasteiger partial charge in [0.05, 0.1) is 6.20 Å². The van der Waals surface area contributed by atoms with Gasteiger partial charge < -0.3 is 15.5 Å². The van der Waals surface area contributed by atoms with Crippen LogP contribution in [-0.2, 0) is 0 Å². The van der Waals surface area contributed by atoms with Crippen LogP contribution in [-0.4, -0.2) is 89.5 Å². The molecule has 2 N–H and O–H groups in total. The smallest absolute Gasteiger partial charge is 0.249 e. The number of hydrogen-bond acceptors (Lipinski definition) is 6. The van der Waals surface area contributed by atoms with Crippen LogP contribution in [0.2, 0.25) is 0 Å². The zero-order valence-electron chi connectivity index (χ0n) is 21.2. The first-order valence-electron chi connectivity index (χ1n) is 12.7. The maximum absolute atomic E-state index is 11.9. The maximum Gasteiger partial charge on any atom is 0.249 e. The van der Waals surface area contributed by atoms with Crippen molar-refractivity contribution in [3.05, 3.63) is 53.9 Å². The Bertz CT molecular complexity index is 1290. The second kappa shape index (κ2) is 10.2. The van der Waals surface area contributed by atoms with Crippen LogP contribution in [0.3, 0.4) is 0 Å². The van der Waals surface area contributed by atoms with Crippen molar-refractivity contribution in [2.24, 2.45) is 10.7 Å². The Hall–Kier alpha value is -3.49. The number of likely N-dealkylation sites (N-methyl/N-ethyl adjacent to an activating group) is 1. The van der Waals surface area contributed by atoms with Gasteiger partial charge in [-0.15, -0.1) is 0 Å². The van der Waals surface area contributed by atoms with Crippen LogP contribution in [0, 0.1) is 0 Å². The van der Waals surface area contributed by atoms with E-state index in [1.165, 1.54) is 44.7 Å². The van der Waals surface area contributed by atoms with E-state index in [1.807, 2.05) is 42.7 Å². The van der Waals surface area contributed by atoms with Crippen LogP contribution in [0.15, 0.2) is 53.3 Å². The molecule has 0 aliphatic carbocycles. The molecule has 0 radical (unpaired) electrons. The molecule has 3 aromatic rings. The molecule has 2 aliphatic rings. The number of aliphatic imine (C=N–C) groups is 1. The summed E-state index contributed by atoms with van der Waals surface area (Å²) in [5.74, 6) is 0.240. The molecule has 5 rings (SSSR count). The van der Waals surface area contributed by atoms with E-state index < -0.39 is 5.91 Å². The van der Waals surface area contributed by atoms with Crippen LogP contribution in [0.5, 0.6) is 0 Å². The molecule has 188 valence electrons. The fourth-order valence-electron chi connectivity index (χ4n) is 5.59. The summed E-state index contributed by atoms with van der Waals surface area (Å²) in [6.07, 6.45) is 6.23. The maximum atomic E-state index is 11.9. The molecule has 8 heteroatoms. The quantitative estimate of drug-likeness (QED) is 0.539. The number of likely N-dealkylation sites (tertiary alicyclic amines) is 1. The molecular weight excluding hydrogens is 450 g/mol. The molecule has 8 nitrogen and oxygen atoms in total. The number of piperidine rings is 1. The predicted octanol–water partition coefficient (Wildman–Crippen LogP) is 3.66. The Labute approximate surface area is 212 Å². The van der Waals surface area contributed by atoms with Gasteiger partial charge in [-0.05, 0) is 55.9 Å². The first-order chi connectivity index (χ1) is 17.5. The van der Waals surface area contributed by atoms with E-state index in [1.54, 1.807) is 10.7 Å². The minimum Gasteiger partial charge on any atom is -0.374 e. The molecule has 0 bridgehead atoms. The standard InChI is InChI=1S/C28H35N7O/c1-20(33-12-10-21(11-13-33)34-16-14-32(3)15-17-34)19-35-28(30-2)26(18-31-35)24-8-4-7-23-22(24)6-5-9-25(23)27(29)36/h4-9,18-19,21H,2,10-17H2,1,3H3,(H2,29,36)/b20-19+.